The predicted molar refractivity (Wildman–Crippen MR) is 94.2 cm³/mol. The third-order valence-corrected chi connectivity index (χ3v) is 4.76. The molecule has 5 nitrogen and oxygen atoms in total. The minimum Gasteiger partial charge on any atom is -0.463 e. The van der Waals surface area contributed by atoms with Gasteiger partial charge in [0.15, 0.2) is 5.76 Å². The van der Waals surface area contributed by atoms with E-state index in [0.717, 1.165) is 42.9 Å². The van der Waals surface area contributed by atoms with Gasteiger partial charge in [0.05, 0.1) is 17.5 Å². The molecule has 1 saturated heterocycles. The highest BCUT2D eigenvalue weighted by atomic mass is 16.3. The van der Waals surface area contributed by atoms with Crippen LogP contribution in [0.15, 0.2) is 47.1 Å². The smallest absolute Gasteiger partial charge is 0.258 e. The van der Waals surface area contributed by atoms with Crippen molar-refractivity contribution in [2.24, 2.45) is 0 Å². The summed E-state index contributed by atoms with van der Waals surface area (Å²) in [6, 6.07) is 11.9. The molecule has 2 aliphatic heterocycles. The lowest BCUT2D eigenvalue weighted by molar-refractivity contribution is -0.110. The van der Waals surface area contributed by atoms with Gasteiger partial charge >= 0.3 is 0 Å². The summed E-state index contributed by atoms with van der Waals surface area (Å²) >= 11 is 0. The number of nitrogens with zero attached hydrogens (tertiary/aromatic N) is 1. The van der Waals surface area contributed by atoms with Crippen molar-refractivity contribution in [2.75, 3.05) is 25.5 Å². The molecule has 0 saturated carbocycles. The van der Waals surface area contributed by atoms with Gasteiger partial charge in [-0.15, -0.1) is 0 Å². The van der Waals surface area contributed by atoms with E-state index in [1.807, 2.05) is 36.4 Å². The molecule has 1 aromatic carbocycles. The maximum Gasteiger partial charge on any atom is 0.258 e. The molecule has 24 heavy (non-hydrogen) atoms. The Balaban J connectivity index is 1.75. The van der Waals surface area contributed by atoms with Crippen LogP contribution in [0.2, 0.25) is 0 Å². The highest BCUT2D eigenvalue weighted by Gasteiger charge is 2.30. The van der Waals surface area contributed by atoms with Gasteiger partial charge in [-0.25, -0.2) is 0 Å². The zero-order chi connectivity index (χ0) is 16.5. The van der Waals surface area contributed by atoms with Crippen molar-refractivity contribution in [1.82, 2.24) is 10.2 Å². The van der Waals surface area contributed by atoms with Crippen LogP contribution in [0.1, 0.15) is 24.2 Å². The topological polar surface area (TPSA) is 57.5 Å². The lowest BCUT2D eigenvalue weighted by Gasteiger charge is -2.31. The molecule has 1 amide bonds. The van der Waals surface area contributed by atoms with Crippen molar-refractivity contribution in [3.63, 3.8) is 0 Å². The summed E-state index contributed by atoms with van der Waals surface area (Å²) in [6.45, 7) is 2.11. The van der Waals surface area contributed by atoms with Gasteiger partial charge in [-0.2, -0.15) is 0 Å². The van der Waals surface area contributed by atoms with E-state index < -0.39 is 0 Å². The number of carbonyl (C=O) groups excluding carboxylic acids is 1. The molecular weight excluding hydrogens is 302 g/mol. The molecule has 0 atom stereocenters. The monoisotopic (exact) mass is 323 g/mol. The summed E-state index contributed by atoms with van der Waals surface area (Å²) in [5.41, 5.74) is 3.23. The first kappa shape index (κ1) is 15.0. The van der Waals surface area contributed by atoms with E-state index >= 15 is 0 Å². The second kappa shape index (κ2) is 6.17. The van der Waals surface area contributed by atoms with E-state index in [0.29, 0.717) is 17.4 Å². The molecule has 0 unspecified atom stereocenters. The number of anilines is 1. The second-order valence-electron chi connectivity index (χ2n) is 6.45. The van der Waals surface area contributed by atoms with Crippen molar-refractivity contribution in [1.29, 1.82) is 0 Å². The zero-order valence-corrected chi connectivity index (χ0v) is 13.7. The summed E-state index contributed by atoms with van der Waals surface area (Å²) in [5, 5.41) is 6.54. The summed E-state index contributed by atoms with van der Waals surface area (Å²) in [7, 11) is 2.14. The Kier molecular flexibility index (Phi) is 3.86. The fourth-order valence-corrected chi connectivity index (χ4v) is 3.41. The average Bonchev–Trinajstić information content (AvgIpc) is 3.22. The largest absolute Gasteiger partial charge is 0.463 e. The van der Waals surface area contributed by atoms with Crippen LogP contribution in [0, 0.1) is 0 Å². The molecule has 124 valence electrons. The van der Waals surface area contributed by atoms with Gasteiger partial charge in [0.1, 0.15) is 0 Å². The number of para-hydroxylation sites is 1. The van der Waals surface area contributed by atoms with E-state index in [4.69, 9.17) is 4.42 Å². The maximum absolute atomic E-state index is 12.6. The van der Waals surface area contributed by atoms with E-state index in [-0.39, 0.29) is 5.91 Å². The number of carbonyl (C=O) groups is 1. The van der Waals surface area contributed by atoms with Gasteiger partial charge in [0.25, 0.3) is 5.91 Å². The third kappa shape index (κ3) is 2.71. The fourth-order valence-electron chi connectivity index (χ4n) is 3.41. The number of furan rings is 1. The Morgan fingerprint density at radius 3 is 2.75 bits per heavy atom. The highest BCUT2D eigenvalue weighted by Crippen LogP contribution is 2.36. The van der Waals surface area contributed by atoms with E-state index in [1.54, 1.807) is 6.26 Å². The summed E-state index contributed by atoms with van der Waals surface area (Å²) in [5.74, 6) is 0.624. The first-order chi connectivity index (χ1) is 11.7. The number of hydrogen-bond donors (Lipinski definition) is 2. The Hall–Kier alpha value is -2.53. The van der Waals surface area contributed by atoms with Gasteiger partial charge in [0.2, 0.25) is 0 Å². The number of hydrogen-bond acceptors (Lipinski definition) is 4. The van der Waals surface area contributed by atoms with Crippen LogP contribution in [0.3, 0.4) is 0 Å². The fraction of sp³-hybridized carbons (Fsp3) is 0.316. The van der Waals surface area contributed by atoms with Gasteiger partial charge in [-0.05, 0) is 51.2 Å². The lowest BCUT2D eigenvalue weighted by Crippen LogP contribution is -2.40. The van der Waals surface area contributed by atoms with Crippen molar-refractivity contribution < 1.29 is 9.21 Å². The maximum atomic E-state index is 12.6. The number of rotatable bonds is 3. The molecule has 2 N–H and O–H groups in total. The minimum absolute atomic E-state index is 0.0805. The second-order valence-corrected chi connectivity index (χ2v) is 6.45. The van der Waals surface area contributed by atoms with Crippen molar-refractivity contribution in [3.8, 4) is 0 Å². The lowest BCUT2D eigenvalue weighted by atomic mass is 10.0. The molecule has 1 aromatic heterocycles. The van der Waals surface area contributed by atoms with Crippen LogP contribution in [-0.4, -0.2) is 37.0 Å². The molecule has 2 aromatic rings. The molecule has 0 bridgehead atoms. The highest BCUT2D eigenvalue weighted by molar-refractivity contribution is 6.36. The van der Waals surface area contributed by atoms with E-state index in [1.165, 1.54) is 0 Å². The molecule has 5 heteroatoms. The zero-order valence-electron chi connectivity index (χ0n) is 13.7. The first-order valence-corrected chi connectivity index (χ1v) is 8.36. The molecule has 3 heterocycles. The van der Waals surface area contributed by atoms with Crippen LogP contribution in [0.5, 0.6) is 0 Å². The van der Waals surface area contributed by atoms with Crippen LogP contribution in [-0.2, 0) is 4.79 Å². The Labute approximate surface area is 141 Å². The minimum atomic E-state index is -0.0805. The predicted octanol–water partition coefficient (Wildman–Crippen LogP) is 2.78. The Morgan fingerprint density at radius 1 is 1.21 bits per heavy atom. The van der Waals surface area contributed by atoms with Crippen LogP contribution >= 0.6 is 0 Å². The van der Waals surface area contributed by atoms with Crippen LogP contribution in [0.4, 0.5) is 5.69 Å². The summed E-state index contributed by atoms with van der Waals surface area (Å²) < 4.78 is 5.62. The normalized spacial score (nSPS) is 20.6. The summed E-state index contributed by atoms with van der Waals surface area (Å²) in [6.07, 6.45) is 3.75. The Bertz CT molecular complexity index is 772. The van der Waals surface area contributed by atoms with E-state index in [9.17, 15) is 4.79 Å². The number of amides is 1. The molecule has 0 aliphatic carbocycles. The molecule has 0 radical (unpaired) electrons. The average molecular weight is 323 g/mol. The molecule has 2 aliphatic rings. The van der Waals surface area contributed by atoms with Gasteiger partial charge in [0, 0.05) is 17.3 Å². The molecule has 4 rings (SSSR count). The first-order valence-electron chi connectivity index (χ1n) is 8.36. The van der Waals surface area contributed by atoms with Gasteiger partial charge in [-0.1, -0.05) is 18.2 Å². The Morgan fingerprint density at radius 2 is 2.00 bits per heavy atom. The van der Waals surface area contributed by atoms with Crippen molar-refractivity contribution >= 4 is 22.9 Å². The quantitative estimate of drug-likeness (QED) is 0.853. The molecule has 0 spiro atoms. The van der Waals surface area contributed by atoms with Crippen LogP contribution < -0.4 is 10.6 Å². The SMILES string of the molecule is CN1CCC(NC(=C2C(=O)Nc3ccccc32)c2ccco2)CC1. The molecule has 1 fully saturated rings. The number of nitrogens with one attached hydrogen (secondary N) is 2. The summed E-state index contributed by atoms with van der Waals surface area (Å²) in [4.78, 5) is 14.9. The molecular formula is C19H21N3O2. The number of benzene rings is 1. The van der Waals surface area contributed by atoms with Crippen molar-refractivity contribution in [2.45, 2.75) is 18.9 Å². The van der Waals surface area contributed by atoms with E-state index in [2.05, 4.69) is 22.6 Å². The number of fused-ring (bicyclic) bond motifs is 1. The number of likely N-dealkylation sites (tertiary alicyclic amines) is 1. The van der Waals surface area contributed by atoms with Gasteiger partial charge in [-0.3, -0.25) is 4.79 Å². The van der Waals surface area contributed by atoms with Crippen LogP contribution in [0.25, 0.3) is 11.3 Å². The van der Waals surface area contributed by atoms with Crippen molar-refractivity contribution in [3.05, 3.63) is 54.0 Å². The third-order valence-electron chi connectivity index (χ3n) is 4.76. The van der Waals surface area contributed by atoms with Gasteiger partial charge < -0.3 is 20.0 Å². The number of piperidine rings is 1. The standard InChI is InChI=1S/C19H21N3O2/c1-22-10-8-13(9-11-22)20-18(16-7-4-12-24-16)17-14-5-2-3-6-15(14)21-19(17)23/h2-7,12-13,20H,8-11H2,1H3,(H,21,23).